The molecule has 7 heteroatoms. The van der Waals surface area contributed by atoms with Crippen molar-refractivity contribution in [2.75, 3.05) is 11.1 Å². The zero-order chi connectivity index (χ0) is 13.0. The van der Waals surface area contributed by atoms with Gasteiger partial charge in [0, 0.05) is 12.4 Å². The molecule has 0 fully saturated rings. The van der Waals surface area contributed by atoms with Crippen molar-refractivity contribution in [2.24, 2.45) is 0 Å². The van der Waals surface area contributed by atoms with E-state index in [-0.39, 0.29) is 11.3 Å². The molecule has 0 aromatic carbocycles. The summed E-state index contributed by atoms with van der Waals surface area (Å²) in [5.41, 5.74) is 6.82. The normalized spacial score (nSPS) is 10.0. The third-order valence-electron chi connectivity index (χ3n) is 2.24. The molecule has 0 radical (unpaired) electrons. The van der Waals surface area contributed by atoms with Crippen LogP contribution in [0.15, 0.2) is 30.9 Å². The lowest BCUT2D eigenvalue weighted by Crippen LogP contribution is -2.07. The predicted octanol–water partition coefficient (Wildman–Crippen LogP) is 0.764. The summed E-state index contributed by atoms with van der Waals surface area (Å²) in [7, 11) is 0. The molecule has 0 unspecified atom stereocenters. The van der Waals surface area contributed by atoms with E-state index in [1.807, 2.05) is 0 Å². The first kappa shape index (κ1) is 11.8. The lowest BCUT2D eigenvalue weighted by atomic mass is 10.2. The molecular formula is C11H11N5O2. The number of carboxylic acids is 1. The van der Waals surface area contributed by atoms with E-state index in [9.17, 15) is 4.79 Å². The molecule has 0 aliphatic rings. The molecule has 18 heavy (non-hydrogen) atoms. The SMILES string of the molecule is Nc1cc(C(=O)O)cnc1NCc1ccncn1. The van der Waals surface area contributed by atoms with Gasteiger partial charge < -0.3 is 16.2 Å². The molecule has 0 saturated carbocycles. The number of hydrogen-bond acceptors (Lipinski definition) is 6. The van der Waals surface area contributed by atoms with Gasteiger partial charge in [-0.05, 0) is 12.1 Å². The summed E-state index contributed by atoms with van der Waals surface area (Å²) in [6, 6.07) is 3.12. The van der Waals surface area contributed by atoms with Gasteiger partial charge in [0.25, 0.3) is 0 Å². The van der Waals surface area contributed by atoms with Crippen molar-refractivity contribution in [1.82, 2.24) is 15.0 Å². The smallest absolute Gasteiger partial charge is 0.337 e. The fourth-order valence-corrected chi connectivity index (χ4v) is 1.34. The molecule has 2 aromatic heterocycles. The van der Waals surface area contributed by atoms with Crippen LogP contribution < -0.4 is 11.1 Å². The number of carbonyl (C=O) groups is 1. The number of rotatable bonds is 4. The van der Waals surface area contributed by atoms with Gasteiger partial charge in [0.15, 0.2) is 0 Å². The maximum Gasteiger partial charge on any atom is 0.337 e. The second kappa shape index (κ2) is 5.09. The largest absolute Gasteiger partial charge is 0.478 e. The zero-order valence-electron chi connectivity index (χ0n) is 9.37. The number of nitrogen functional groups attached to an aromatic ring is 1. The Labute approximate surface area is 103 Å². The van der Waals surface area contributed by atoms with Crippen molar-refractivity contribution in [2.45, 2.75) is 6.54 Å². The van der Waals surface area contributed by atoms with Crippen molar-refractivity contribution in [1.29, 1.82) is 0 Å². The molecular weight excluding hydrogens is 234 g/mol. The number of nitrogens with two attached hydrogens (primary N) is 1. The van der Waals surface area contributed by atoms with Crippen LogP contribution in [0.25, 0.3) is 0 Å². The molecule has 0 aliphatic carbocycles. The quantitative estimate of drug-likeness (QED) is 0.728. The number of carboxylic acid groups (broad SMARTS) is 1. The van der Waals surface area contributed by atoms with E-state index >= 15 is 0 Å². The number of nitrogens with one attached hydrogen (secondary N) is 1. The van der Waals surface area contributed by atoms with E-state index in [1.165, 1.54) is 18.6 Å². The molecule has 0 amide bonds. The maximum atomic E-state index is 10.7. The van der Waals surface area contributed by atoms with E-state index in [4.69, 9.17) is 10.8 Å². The molecule has 0 bridgehead atoms. The zero-order valence-corrected chi connectivity index (χ0v) is 9.37. The van der Waals surface area contributed by atoms with E-state index in [0.29, 0.717) is 12.4 Å². The Morgan fingerprint density at radius 3 is 2.89 bits per heavy atom. The third-order valence-corrected chi connectivity index (χ3v) is 2.24. The molecule has 7 nitrogen and oxygen atoms in total. The van der Waals surface area contributed by atoms with Gasteiger partial charge in [-0.2, -0.15) is 0 Å². The van der Waals surface area contributed by atoms with E-state index < -0.39 is 5.97 Å². The molecule has 0 spiro atoms. The standard InChI is InChI=1S/C11H11N5O2/c12-9-3-7(11(17)18)4-14-10(9)15-5-8-1-2-13-6-16-8/h1-4,6H,5,12H2,(H,14,15)(H,17,18). The monoisotopic (exact) mass is 245 g/mol. The number of aromatic carboxylic acids is 1. The molecule has 2 heterocycles. The van der Waals surface area contributed by atoms with Gasteiger partial charge in [0.05, 0.1) is 23.5 Å². The van der Waals surface area contributed by atoms with Crippen LogP contribution >= 0.6 is 0 Å². The van der Waals surface area contributed by atoms with Gasteiger partial charge in [-0.25, -0.2) is 19.7 Å². The van der Waals surface area contributed by atoms with Gasteiger partial charge in [0.1, 0.15) is 12.1 Å². The average Bonchev–Trinajstić information content (AvgIpc) is 2.38. The van der Waals surface area contributed by atoms with Crippen molar-refractivity contribution < 1.29 is 9.90 Å². The highest BCUT2D eigenvalue weighted by Gasteiger charge is 2.07. The minimum Gasteiger partial charge on any atom is -0.478 e. The van der Waals surface area contributed by atoms with Gasteiger partial charge in [-0.1, -0.05) is 0 Å². The Kier molecular flexibility index (Phi) is 3.33. The molecule has 92 valence electrons. The van der Waals surface area contributed by atoms with Crippen molar-refractivity contribution in [3.8, 4) is 0 Å². The van der Waals surface area contributed by atoms with Crippen molar-refractivity contribution in [3.63, 3.8) is 0 Å². The van der Waals surface area contributed by atoms with Gasteiger partial charge in [-0.15, -0.1) is 0 Å². The number of aromatic nitrogens is 3. The molecule has 4 N–H and O–H groups in total. The summed E-state index contributed by atoms with van der Waals surface area (Å²) in [5, 5.41) is 11.8. The summed E-state index contributed by atoms with van der Waals surface area (Å²) in [6.45, 7) is 0.437. The lowest BCUT2D eigenvalue weighted by Gasteiger charge is -2.08. The van der Waals surface area contributed by atoms with Crippen LogP contribution in [0.2, 0.25) is 0 Å². The van der Waals surface area contributed by atoms with Gasteiger partial charge >= 0.3 is 5.97 Å². The highest BCUT2D eigenvalue weighted by molar-refractivity contribution is 5.89. The van der Waals surface area contributed by atoms with Crippen LogP contribution in [0.4, 0.5) is 11.5 Å². The van der Waals surface area contributed by atoms with E-state index in [0.717, 1.165) is 5.69 Å². The Morgan fingerprint density at radius 2 is 2.28 bits per heavy atom. The summed E-state index contributed by atoms with van der Waals surface area (Å²) >= 11 is 0. The summed E-state index contributed by atoms with van der Waals surface area (Å²) < 4.78 is 0. The molecule has 2 rings (SSSR count). The minimum absolute atomic E-state index is 0.0556. The Bertz CT molecular complexity index is 559. The topological polar surface area (TPSA) is 114 Å². The Balaban J connectivity index is 2.08. The van der Waals surface area contributed by atoms with E-state index in [1.54, 1.807) is 12.3 Å². The van der Waals surface area contributed by atoms with Crippen LogP contribution in [0.5, 0.6) is 0 Å². The number of pyridine rings is 1. The van der Waals surface area contributed by atoms with Crippen LogP contribution in [0, 0.1) is 0 Å². The summed E-state index contributed by atoms with van der Waals surface area (Å²) in [6.07, 6.45) is 4.33. The van der Waals surface area contributed by atoms with Crippen LogP contribution in [-0.2, 0) is 6.54 Å². The number of hydrogen-bond donors (Lipinski definition) is 3. The average molecular weight is 245 g/mol. The first-order valence-corrected chi connectivity index (χ1v) is 5.14. The molecule has 0 saturated heterocycles. The lowest BCUT2D eigenvalue weighted by molar-refractivity contribution is 0.0696. The fourth-order valence-electron chi connectivity index (χ4n) is 1.34. The Morgan fingerprint density at radius 1 is 1.44 bits per heavy atom. The number of nitrogens with zero attached hydrogens (tertiary/aromatic N) is 3. The van der Waals surface area contributed by atoms with E-state index in [2.05, 4.69) is 20.3 Å². The first-order chi connectivity index (χ1) is 8.66. The first-order valence-electron chi connectivity index (χ1n) is 5.14. The van der Waals surface area contributed by atoms with Gasteiger partial charge in [0.2, 0.25) is 0 Å². The molecule has 0 aliphatic heterocycles. The second-order valence-electron chi connectivity index (χ2n) is 3.52. The third kappa shape index (κ3) is 2.70. The van der Waals surface area contributed by atoms with Crippen molar-refractivity contribution in [3.05, 3.63) is 42.1 Å². The highest BCUT2D eigenvalue weighted by atomic mass is 16.4. The summed E-state index contributed by atoms with van der Waals surface area (Å²) in [4.78, 5) is 22.5. The Hall–Kier alpha value is -2.70. The fraction of sp³-hybridized carbons (Fsp3) is 0.0909. The van der Waals surface area contributed by atoms with Gasteiger partial charge in [-0.3, -0.25) is 0 Å². The van der Waals surface area contributed by atoms with Crippen LogP contribution in [-0.4, -0.2) is 26.0 Å². The van der Waals surface area contributed by atoms with Crippen LogP contribution in [0.1, 0.15) is 16.1 Å². The molecule has 0 atom stereocenters. The predicted molar refractivity (Wildman–Crippen MR) is 65.0 cm³/mol. The maximum absolute atomic E-state index is 10.7. The highest BCUT2D eigenvalue weighted by Crippen LogP contribution is 2.16. The molecule has 2 aromatic rings. The van der Waals surface area contributed by atoms with Crippen molar-refractivity contribution >= 4 is 17.5 Å². The minimum atomic E-state index is -1.06. The summed E-state index contributed by atoms with van der Waals surface area (Å²) in [5.74, 6) is -0.629. The van der Waals surface area contributed by atoms with Crippen LogP contribution in [0.3, 0.4) is 0 Å². The second-order valence-corrected chi connectivity index (χ2v) is 3.52. The number of anilines is 2.